The van der Waals surface area contributed by atoms with E-state index in [4.69, 9.17) is 9.47 Å². The number of hydrogen-bond acceptors (Lipinski definition) is 5. The lowest BCUT2D eigenvalue weighted by atomic mass is 10.0. The zero-order chi connectivity index (χ0) is 21.2. The van der Waals surface area contributed by atoms with Crippen LogP contribution in [0.25, 0.3) is 0 Å². The molecule has 1 atom stereocenters. The SMILES string of the molecule is COC(=O)C[C@@H](NC(=O)CNC(=O)c1ccc(OC(C)C)cc1)c1ccccc1. The number of ether oxygens (including phenoxy) is 2. The van der Waals surface area contributed by atoms with Gasteiger partial charge in [0.1, 0.15) is 5.75 Å². The Bertz CT molecular complexity index is 819. The Kier molecular flexibility index (Phi) is 8.21. The first-order valence-corrected chi connectivity index (χ1v) is 9.35. The van der Waals surface area contributed by atoms with Crippen molar-refractivity contribution in [3.63, 3.8) is 0 Å². The Labute approximate surface area is 170 Å². The van der Waals surface area contributed by atoms with Crippen molar-refractivity contribution in [2.45, 2.75) is 32.4 Å². The van der Waals surface area contributed by atoms with Crippen LogP contribution in [0.3, 0.4) is 0 Å². The average molecular weight is 398 g/mol. The summed E-state index contributed by atoms with van der Waals surface area (Å²) in [5.41, 5.74) is 1.20. The van der Waals surface area contributed by atoms with Crippen LogP contribution < -0.4 is 15.4 Å². The van der Waals surface area contributed by atoms with E-state index in [9.17, 15) is 14.4 Å². The lowest BCUT2D eigenvalue weighted by Crippen LogP contribution is -2.39. The Hall–Kier alpha value is -3.35. The normalized spacial score (nSPS) is 11.4. The molecular weight excluding hydrogens is 372 g/mol. The molecule has 0 aliphatic heterocycles. The van der Waals surface area contributed by atoms with Gasteiger partial charge in [0.15, 0.2) is 0 Å². The van der Waals surface area contributed by atoms with Crippen LogP contribution in [0.4, 0.5) is 0 Å². The number of hydrogen-bond donors (Lipinski definition) is 2. The summed E-state index contributed by atoms with van der Waals surface area (Å²) in [6.07, 6.45) is 0.0401. The number of methoxy groups -OCH3 is 1. The number of rotatable bonds is 9. The molecule has 0 aromatic heterocycles. The molecule has 0 unspecified atom stereocenters. The monoisotopic (exact) mass is 398 g/mol. The van der Waals surface area contributed by atoms with Crippen LogP contribution in [0, 0.1) is 0 Å². The van der Waals surface area contributed by atoms with Crippen molar-refractivity contribution >= 4 is 17.8 Å². The maximum atomic E-state index is 12.3. The third-order valence-electron chi connectivity index (χ3n) is 4.03. The van der Waals surface area contributed by atoms with Gasteiger partial charge in [-0.15, -0.1) is 0 Å². The molecule has 0 fully saturated rings. The van der Waals surface area contributed by atoms with Gasteiger partial charge >= 0.3 is 5.97 Å². The van der Waals surface area contributed by atoms with Crippen molar-refractivity contribution in [1.29, 1.82) is 0 Å². The minimum absolute atomic E-state index is 0.00247. The van der Waals surface area contributed by atoms with Gasteiger partial charge < -0.3 is 20.1 Å². The van der Waals surface area contributed by atoms with E-state index in [1.807, 2.05) is 44.2 Å². The maximum absolute atomic E-state index is 12.3. The fraction of sp³-hybridized carbons (Fsp3) is 0.318. The van der Waals surface area contributed by atoms with Gasteiger partial charge in [-0.2, -0.15) is 0 Å². The minimum atomic E-state index is -0.541. The molecule has 7 heteroatoms. The fourth-order valence-electron chi connectivity index (χ4n) is 2.65. The molecule has 0 aliphatic rings. The van der Waals surface area contributed by atoms with Crippen molar-refractivity contribution in [1.82, 2.24) is 10.6 Å². The van der Waals surface area contributed by atoms with Crippen LogP contribution in [0.2, 0.25) is 0 Å². The van der Waals surface area contributed by atoms with Crippen molar-refractivity contribution in [2.75, 3.05) is 13.7 Å². The number of carbonyl (C=O) groups is 3. The molecule has 2 aromatic carbocycles. The quantitative estimate of drug-likeness (QED) is 0.634. The van der Waals surface area contributed by atoms with Gasteiger partial charge in [-0.3, -0.25) is 14.4 Å². The molecule has 0 radical (unpaired) electrons. The number of esters is 1. The standard InChI is InChI=1S/C22H26N2O5/c1-15(2)29-18-11-9-17(10-12-18)22(27)23-14-20(25)24-19(13-21(26)28-3)16-7-5-4-6-8-16/h4-12,15,19H,13-14H2,1-3H3,(H,23,27)(H,24,25)/t19-/m1/s1. The first-order valence-electron chi connectivity index (χ1n) is 9.35. The lowest BCUT2D eigenvalue weighted by Gasteiger charge is -2.18. The third-order valence-corrected chi connectivity index (χ3v) is 4.03. The molecule has 0 spiro atoms. The predicted molar refractivity (Wildman–Crippen MR) is 108 cm³/mol. The Morgan fingerprint density at radius 2 is 1.62 bits per heavy atom. The van der Waals surface area contributed by atoms with Crippen LogP contribution in [0.1, 0.15) is 42.2 Å². The number of carbonyl (C=O) groups excluding carboxylic acids is 3. The highest BCUT2D eigenvalue weighted by atomic mass is 16.5. The molecule has 0 bridgehead atoms. The van der Waals surface area contributed by atoms with Crippen LogP contribution >= 0.6 is 0 Å². The second kappa shape index (κ2) is 10.8. The van der Waals surface area contributed by atoms with Crippen LogP contribution in [0.15, 0.2) is 54.6 Å². The van der Waals surface area contributed by atoms with Gasteiger partial charge in [0.05, 0.1) is 32.2 Å². The minimum Gasteiger partial charge on any atom is -0.491 e. The summed E-state index contributed by atoms with van der Waals surface area (Å²) >= 11 is 0. The predicted octanol–water partition coefficient (Wildman–Crippen LogP) is 2.62. The topological polar surface area (TPSA) is 93.7 Å². The van der Waals surface area contributed by atoms with Gasteiger partial charge in [0, 0.05) is 5.56 Å². The van der Waals surface area contributed by atoms with Crippen molar-refractivity contribution in [2.24, 2.45) is 0 Å². The van der Waals surface area contributed by atoms with Gasteiger partial charge in [-0.25, -0.2) is 0 Å². The summed E-state index contributed by atoms with van der Waals surface area (Å²) < 4.78 is 10.2. The summed E-state index contributed by atoms with van der Waals surface area (Å²) in [5, 5.41) is 5.34. The second-order valence-electron chi connectivity index (χ2n) is 6.68. The first-order chi connectivity index (χ1) is 13.9. The molecule has 0 aliphatic carbocycles. The maximum Gasteiger partial charge on any atom is 0.307 e. The van der Waals surface area contributed by atoms with Gasteiger partial charge in [-0.1, -0.05) is 30.3 Å². The highest BCUT2D eigenvalue weighted by Gasteiger charge is 2.19. The van der Waals surface area contributed by atoms with Gasteiger partial charge in [0.25, 0.3) is 5.91 Å². The summed E-state index contributed by atoms with van der Waals surface area (Å²) in [6.45, 7) is 3.62. The Balaban J connectivity index is 1.92. The molecule has 29 heavy (non-hydrogen) atoms. The molecule has 7 nitrogen and oxygen atoms in total. The smallest absolute Gasteiger partial charge is 0.307 e. The molecule has 2 aromatic rings. The summed E-state index contributed by atoms with van der Waals surface area (Å²) in [4.78, 5) is 36.2. The van der Waals surface area contributed by atoms with E-state index in [1.54, 1.807) is 24.3 Å². The highest BCUT2D eigenvalue weighted by molar-refractivity contribution is 5.96. The van der Waals surface area contributed by atoms with Gasteiger partial charge in [-0.05, 0) is 43.7 Å². The van der Waals surface area contributed by atoms with E-state index in [0.29, 0.717) is 11.3 Å². The molecule has 0 heterocycles. The van der Waals surface area contributed by atoms with E-state index in [2.05, 4.69) is 10.6 Å². The second-order valence-corrected chi connectivity index (χ2v) is 6.68. The van der Waals surface area contributed by atoms with E-state index in [-0.39, 0.29) is 25.0 Å². The van der Waals surface area contributed by atoms with Crippen LogP contribution in [-0.4, -0.2) is 37.5 Å². The van der Waals surface area contributed by atoms with Crippen molar-refractivity contribution in [3.8, 4) is 5.75 Å². The Morgan fingerprint density at radius 1 is 0.966 bits per heavy atom. The number of nitrogens with one attached hydrogen (secondary N) is 2. The largest absolute Gasteiger partial charge is 0.491 e. The summed E-state index contributed by atoms with van der Waals surface area (Å²) in [6, 6.07) is 15.2. The molecule has 2 rings (SSSR count). The van der Waals surface area contributed by atoms with E-state index >= 15 is 0 Å². The summed E-state index contributed by atoms with van der Waals surface area (Å²) in [5.74, 6) is -0.550. The van der Waals surface area contributed by atoms with Crippen LogP contribution in [0.5, 0.6) is 5.75 Å². The van der Waals surface area contributed by atoms with Gasteiger partial charge in [0.2, 0.25) is 5.91 Å². The molecule has 0 saturated carbocycles. The fourth-order valence-corrected chi connectivity index (χ4v) is 2.65. The van der Waals surface area contributed by atoms with E-state index < -0.39 is 17.9 Å². The zero-order valence-corrected chi connectivity index (χ0v) is 16.8. The lowest BCUT2D eigenvalue weighted by molar-refractivity contribution is -0.141. The van der Waals surface area contributed by atoms with E-state index in [0.717, 1.165) is 5.56 Å². The molecule has 2 amide bonds. The molecular formula is C22H26N2O5. The van der Waals surface area contributed by atoms with Crippen molar-refractivity contribution < 1.29 is 23.9 Å². The van der Waals surface area contributed by atoms with E-state index in [1.165, 1.54) is 7.11 Å². The average Bonchev–Trinajstić information content (AvgIpc) is 2.72. The third kappa shape index (κ3) is 7.29. The Morgan fingerprint density at radius 3 is 2.21 bits per heavy atom. The molecule has 0 saturated heterocycles. The van der Waals surface area contributed by atoms with Crippen LogP contribution in [-0.2, 0) is 14.3 Å². The van der Waals surface area contributed by atoms with Crippen molar-refractivity contribution in [3.05, 3.63) is 65.7 Å². The number of benzene rings is 2. The summed E-state index contributed by atoms with van der Waals surface area (Å²) in [7, 11) is 1.30. The number of amides is 2. The highest BCUT2D eigenvalue weighted by Crippen LogP contribution is 2.17. The molecule has 2 N–H and O–H groups in total. The first kappa shape index (κ1) is 21.9. The molecule has 154 valence electrons. The zero-order valence-electron chi connectivity index (χ0n) is 16.8.